The molecule has 1 atom stereocenters. The highest BCUT2D eigenvalue weighted by atomic mass is 35.5. The van der Waals surface area contributed by atoms with E-state index in [1.165, 1.54) is 16.0 Å². The minimum Gasteiger partial charge on any atom is -0.476 e. The molecule has 1 N–H and O–H groups in total. The summed E-state index contributed by atoms with van der Waals surface area (Å²) in [6.45, 7) is 3.92. The number of nitrogens with zero attached hydrogens (tertiary/aromatic N) is 5. The van der Waals surface area contributed by atoms with Crippen LogP contribution in [0, 0.1) is 6.92 Å². The second-order valence-corrected chi connectivity index (χ2v) is 9.53. The molecule has 158 valence electrons. The molecular weight excluding hydrogens is 457 g/mol. The van der Waals surface area contributed by atoms with Gasteiger partial charge in [-0.2, -0.15) is 14.9 Å². The Labute approximate surface area is 191 Å². The molecule has 0 spiro atoms. The third-order valence-corrected chi connectivity index (χ3v) is 7.27. The van der Waals surface area contributed by atoms with Crippen molar-refractivity contribution in [1.29, 1.82) is 0 Å². The normalized spacial score (nSPS) is 15.1. The lowest BCUT2D eigenvalue weighted by atomic mass is 9.85. The number of rotatable bonds is 3. The minimum absolute atomic E-state index is 0.0685. The Kier molecular flexibility index (Phi) is 4.69. The first-order valence-corrected chi connectivity index (χ1v) is 11.1. The van der Waals surface area contributed by atoms with Crippen LogP contribution in [0.25, 0.3) is 27.5 Å². The number of hydrogen-bond acceptors (Lipinski definition) is 5. The molecule has 0 saturated carbocycles. The van der Waals surface area contributed by atoms with Crippen LogP contribution in [0.5, 0.6) is 0 Å². The van der Waals surface area contributed by atoms with E-state index in [9.17, 15) is 9.90 Å². The number of fused-ring (bicyclic) bond motifs is 3. The molecule has 1 aliphatic rings. The van der Waals surface area contributed by atoms with E-state index in [1.807, 2.05) is 12.1 Å². The maximum atomic E-state index is 12.2. The van der Waals surface area contributed by atoms with Crippen molar-refractivity contribution in [1.82, 2.24) is 24.5 Å². The highest BCUT2D eigenvalue weighted by Gasteiger charge is 2.30. The van der Waals surface area contributed by atoms with Crippen LogP contribution in [-0.4, -0.2) is 35.6 Å². The molecule has 0 bridgehead atoms. The number of aryl methyl sites for hydroxylation is 2. The summed E-state index contributed by atoms with van der Waals surface area (Å²) in [4.78, 5) is 18.1. The highest BCUT2D eigenvalue weighted by Crippen LogP contribution is 2.45. The number of thiazole rings is 1. The van der Waals surface area contributed by atoms with Crippen molar-refractivity contribution in [2.75, 3.05) is 0 Å². The van der Waals surface area contributed by atoms with Gasteiger partial charge in [-0.1, -0.05) is 41.5 Å². The van der Waals surface area contributed by atoms with Gasteiger partial charge in [0.1, 0.15) is 0 Å². The van der Waals surface area contributed by atoms with Crippen LogP contribution in [0.2, 0.25) is 10.0 Å². The van der Waals surface area contributed by atoms with Crippen LogP contribution in [0.15, 0.2) is 24.5 Å². The Morgan fingerprint density at radius 2 is 2.03 bits per heavy atom. The quantitative estimate of drug-likeness (QED) is 0.432. The topological polar surface area (TPSA) is 85.8 Å². The van der Waals surface area contributed by atoms with Gasteiger partial charge in [-0.05, 0) is 37.0 Å². The molecule has 31 heavy (non-hydrogen) atoms. The van der Waals surface area contributed by atoms with Crippen LogP contribution in [-0.2, 0) is 13.5 Å². The fourth-order valence-electron chi connectivity index (χ4n) is 4.10. The van der Waals surface area contributed by atoms with Gasteiger partial charge in [0.15, 0.2) is 5.69 Å². The summed E-state index contributed by atoms with van der Waals surface area (Å²) in [6.07, 6.45) is 4.20. The second kappa shape index (κ2) is 7.19. The monoisotopic (exact) mass is 473 g/mol. The molecule has 4 aromatic rings. The SMILES string of the molecule is Cc1nn(-c2nc3c(s2)CC(C)c2cc(Cl)c(Cl)cc2-3)c(C(=O)O)c1-c1cnn(C)c1. The van der Waals surface area contributed by atoms with Crippen molar-refractivity contribution < 1.29 is 9.90 Å². The zero-order valence-electron chi connectivity index (χ0n) is 16.8. The van der Waals surface area contributed by atoms with Crippen molar-refractivity contribution in [3.05, 3.63) is 56.4 Å². The molecular formula is C21H17Cl2N5O2S. The van der Waals surface area contributed by atoms with Crippen molar-refractivity contribution >= 4 is 40.5 Å². The van der Waals surface area contributed by atoms with E-state index in [1.54, 1.807) is 31.0 Å². The van der Waals surface area contributed by atoms with Crippen molar-refractivity contribution in [3.63, 3.8) is 0 Å². The van der Waals surface area contributed by atoms with Gasteiger partial charge in [0.05, 0.1) is 27.6 Å². The van der Waals surface area contributed by atoms with E-state index >= 15 is 0 Å². The Hall–Kier alpha value is -2.68. The van der Waals surface area contributed by atoms with Gasteiger partial charge in [0.25, 0.3) is 0 Å². The number of carbonyl (C=O) groups is 1. The number of aromatic carboxylic acids is 1. The summed E-state index contributed by atoms with van der Waals surface area (Å²) in [5.41, 5.74) is 4.73. The van der Waals surface area contributed by atoms with E-state index in [0.29, 0.717) is 32.0 Å². The third kappa shape index (κ3) is 3.17. The van der Waals surface area contributed by atoms with E-state index < -0.39 is 5.97 Å². The first-order valence-electron chi connectivity index (χ1n) is 9.56. The number of halogens is 2. The number of carboxylic acids is 1. The summed E-state index contributed by atoms with van der Waals surface area (Å²) in [5, 5.41) is 20.2. The third-order valence-electron chi connectivity index (χ3n) is 5.49. The van der Waals surface area contributed by atoms with Crippen LogP contribution >= 0.6 is 34.5 Å². The van der Waals surface area contributed by atoms with Gasteiger partial charge in [0.2, 0.25) is 5.13 Å². The number of carboxylic acid groups (broad SMARTS) is 1. The molecule has 5 rings (SSSR count). The second-order valence-electron chi connectivity index (χ2n) is 7.66. The highest BCUT2D eigenvalue weighted by molar-refractivity contribution is 7.14. The zero-order valence-corrected chi connectivity index (χ0v) is 19.2. The molecule has 10 heteroatoms. The van der Waals surface area contributed by atoms with Gasteiger partial charge in [-0.3, -0.25) is 4.68 Å². The maximum absolute atomic E-state index is 12.2. The number of benzene rings is 1. The Morgan fingerprint density at radius 1 is 1.29 bits per heavy atom. The fraction of sp³-hybridized carbons (Fsp3) is 0.238. The van der Waals surface area contributed by atoms with E-state index in [2.05, 4.69) is 17.1 Å². The molecule has 1 aliphatic carbocycles. The summed E-state index contributed by atoms with van der Waals surface area (Å²) in [7, 11) is 1.79. The van der Waals surface area contributed by atoms with Crippen LogP contribution in [0.1, 0.15) is 39.5 Å². The minimum atomic E-state index is -1.07. The van der Waals surface area contributed by atoms with E-state index in [-0.39, 0.29) is 11.6 Å². The van der Waals surface area contributed by atoms with Crippen LogP contribution in [0.4, 0.5) is 0 Å². The van der Waals surface area contributed by atoms with Crippen molar-refractivity contribution in [3.8, 4) is 27.5 Å². The van der Waals surface area contributed by atoms with Crippen LogP contribution < -0.4 is 0 Å². The predicted octanol–water partition coefficient (Wildman–Crippen LogP) is 5.37. The van der Waals surface area contributed by atoms with Crippen molar-refractivity contribution in [2.24, 2.45) is 7.05 Å². The molecule has 7 nitrogen and oxygen atoms in total. The van der Waals surface area contributed by atoms with Gasteiger partial charge in [-0.25, -0.2) is 9.78 Å². The number of aromatic nitrogens is 5. The summed E-state index contributed by atoms with van der Waals surface area (Å²) >= 11 is 14.0. The summed E-state index contributed by atoms with van der Waals surface area (Å²) in [6, 6.07) is 3.73. The Balaban J connectivity index is 1.70. The molecule has 3 heterocycles. The average Bonchev–Trinajstić information content (AvgIpc) is 3.39. The number of hydrogen-bond donors (Lipinski definition) is 1. The van der Waals surface area contributed by atoms with Crippen LogP contribution in [0.3, 0.4) is 0 Å². The van der Waals surface area contributed by atoms with E-state index in [4.69, 9.17) is 28.2 Å². The molecule has 0 fully saturated rings. The molecule has 0 radical (unpaired) electrons. The lowest BCUT2D eigenvalue weighted by Gasteiger charge is -2.22. The molecule has 1 aromatic carbocycles. The largest absolute Gasteiger partial charge is 0.476 e. The van der Waals surface area contributed by atoms with Gasteiger partial charge in [-0.15, -0.1) is 0 Å². The standard InChI is InChI=1S/C21H17Cl2N5O2S/c1-9-4-16-18(13-6-15(23)14(22)5-12(9)13)25-21(31-16)28-19(20(29)30)17(10(2)26-28)11-7-24-27(3)8-11/h5-9H,4H2,1-3H3,(H,29,30). The zero-order chi connectivity index (χ0) is 22.0. The van der Waals surface area contributed by atoms with Crippen molar-refractivity contribution in [2.45, 2.75) is 26.2 Å². The van der Waals surface area contributed by atoms with E-state index in [0.717, 1.165) is 28.1 Å². The Morgan fingerprint density at radius 3 is 2.71 bits per heavy atom. The molecule has 0 aliphatic heterocycles. The van der Waals surface area contributed by atoms with Gasteiger partial charge in [0, 0.05) is 34.8 Å². The lowest BCUT2D eigenvalue weighted by molar-refractivity contribution is 0.0688. The molecule has 0 saturated heterocycles. The predicted molar refractivity (Wildman–Crippen MR) is 121 cm³/mol. The smallest absolute Gasteiger partial charge is 0.355 e. The fourth-order valence-corrected chi connectivity index (χ4v) is 5.60. The van der Waals surface area contributed by atoms with Gasteiger partial charge >= 0.3 is 5.97 Å². The summed E-state index contributed by atoms with van der Waals surface area (Å²) < 4.78 is 3.05. The molecule has 3 aromatic heterocycles. The maximum Gasteiger partial charge on any atom is 0.355 e. The lowest BCUT2D eigenvalue weighted by Crippen LogP contribution is -2.09. The molecule has 1 unspecified atom stereocenters. The average molecular weight is 474 g/mol. The van der Waals surface area contributed by atoms with Gasteiger partial charge < -0.3 is 5.11 Å². The summed E-state index contributed by atoms with van der Waals surface area (Å²) in [5.74, 6) is -0.828. The Bertz CT molecular complexity index is 1370. The molecule has 0 amide bonds. The first-order chi connectivity index (χ1) is 14.7. The first kappa shape index (κ1) is 20.2.